The van der Waals surface area contributed by atoms with Crippen molar-refractivity contribution in [3.63, 3.8) is 0 Å². The molecule has 0 spiro atoms. The van der Waals surface area contributed by atoms with Crippen LogP contribution in [0.1, 0.15) is 13.8 Å². The molecular formula is C14H22N2. The molecule has 0 bridgehead atoms. The maximum Gasteiger partial charge on any atom is 0.0445 e. The largest absolute Gasteiger partial charge is 0.308 e. The second kappa shape index (κ2) is 8.08. The molecule has 0 radical (unpaired) electrons. The van der Waals surface area contributed by atoms with Gasteiger partial charge in [-0.05, 0) is 13.8 Å². The maximum absolute atomic E-state index is 3.50. The molecule has 0 aromatic heterocycles. The van der Waals surface area contributed by atoms with E-state index >= 15 is 0 Å². The highest BCUT2D eigenvalue weighted by Gasteiger charge is 2.18. The molecule has 0 aromatic carbocycles. The molecule has 1 heterocycles. The van der Waals surface area contributed by atoms with Crippen LogP contribution in [0.25, 0.3) is 0 Å². The third-order valence-electron chi connectivity index (χ3n) is 2.52. The fourth-order valence-electron chi connectivity index (χ4n) is 1.70. The molecule has 0 amide bonds. The van der Waals surface area contributed by atoms with Crippen molar-refractivity contribution in [3.8, 4) is 0 Å². The average molecular weight is 218 g/mol. The van der Waals surface area contributed by atoms with E-state index in [1.807, 2.05) is 26.0 Å². The van der Waals surface area contributed by atoms with Crippen molar-refractivity contribution in [3.05, 3.63) is 48.6 Å². The smallest absolute Gasteiger partial charge is 0.0445 e. The molecule has 2 nitrogen and oxygen atoms in total. The van der Waals surface area contributed by atoms with E-state index in [-0.39, 0.29) is 0 Å². The van der Waals surface area contributed by atoms with Gasteiger partial charge in [-0.3, -0.25) is 0 Å². The Bertz CT molecular complexity index is 257. The van der Waals surface area contributed by atoms with Gasteiger partial charge in [0, 0.05) is 25.2 Å². The van der Waals surface area contributed by atoms with Crippen molar-refractivity contribution in [2.45, 2.75) is 25.9 Å². The van der Waals surface area contributed by atoms with Crippen LogP contribution in [0.15, 0.2) is 48.6 Å². The summed E-state index contributed by atoms with van der Waals surface area (Å²) in [4.78, 5) is 0. The summed E-state index contributed by atoms with van der Waals surface area (Å²) in [5.74, 6) is 0. The van der Waals surface area contributed by atoms with E-state index in [4.69, 9.17) is 0 Å². The quantitative estimate of drug-likeness (QED) is 0.707. The zero-order valence-corrected chi connectivity index (χ0v) is 10.2. The Morgan fingerprint density at radius 1 is 0.750 bits per heavy atom. The fraction of sp³-hybridized carbons (Fsp3) is 0.429. The van der Waals surface area contributed by atoms with Crippen LogP contribution in [0, 0.1) is 0 Å². The highest BCUT2D eigenvalue weighted by Crippen LogP contribution is 2.02. The molecule has 2 atom stereocenters. The lowest BCUT2D eigenvalue weighted by Crippen LogP contribution is -2.54. The van der Waals surface area contributed by atoms with Gasteiger partial charge in [-0.15, -0.1) is 0 Å². The second-order valence-electron chi connectivity index (χ2n) is 3.78. The van der Waals surface area contributed by atoms with E-state index in [2.05, 4.69) is 47.1 Å². The van der Waals surface area contributed by atoms with Crippen molar-refractivity contribution < 1.29 is 0 Å². The first-order valence-corrected chi connectivity index (χ1v) is 5.94. The van der Waals surface area contributed by atoms with Crippen LogP contribution in [0.3, 0.4) is 0 Å². The molecular weight excluding hydrogens is 196 g/mol. The number of allylic oxidation sites excluding steroid dienone is 6. The third-order valence-corrected chi connectivity index (χ3v) is 2.52. The van der Waals surface area contributed by atoms with Crippen molar-refractivity contribution in [2.75, 3.05) is 13.1 Å². The van der Waals surface area contributed by atoms with Crippen molar-refractivity contribution in [1.82, 2.24) is 10.6 Å². The van der Waals surface area contributed by atoms with E-state index in [1.165, 1.54) is 0 Å². The van der Waals surface area contributed by atoms with Crippen LogP contribution < -0.4 is 10.6 Å². The molecule has 88 valence electrons. The molecule has 0 aliphatic carbocycles. The Kier molecular flexibility index (Phi) is 6.54. The Balaban J connectivity index is 2.56. The lowest BCUT2D eigenvalue weighted by molar-refractivity contribution is 0.410. The maximum atomic E-state index is 3.50. The fourth-order valence-corrected chi connectivity index (χ4v) is 1.70. The summed E-state index contributed by atoms with van der Waals surface area (Å²) < 4.78 is 0. The second-order valence-corrected chi connectivity index (χ2v) is 3.78. The van der Waals surface area contributed by atoms with E-state index in [1.54, 1.807) is 0 Å². The first-order chi connectivity index (χ1) is 7.88. The van der Waals surface area contributed by atoms with Crippen molar-refractivity contribution >= 4 is 0 Å². The minimum Gasteiger partial charge on any atom is -0.308 e. The molecule has 1 rings (SSSR count). The molecule has 1 saturated heterocycles. The Morgan fingerprint density at radius 2 is 1.19 bits per heavy atom. The summed E-state index contributed by atoms with van der Waals surface area (Å²) in [5, 5.41) is 6.99. The monoisotopic (exact) mass is 218 g/mol. The number of rotatable bonds is 4. The highest BCUT2D eigenvalue weighted by molar-refractivity contribution is 5.16. The summed E-state index contributed by atoms with van der Waals surface area (Å²) in [6.07, 6.45) is 16.8. The summed E-state index contributed by atoms with van der Waals surface area (Å²) in [6.45, 7) is 6.11. The molecule has 1 fully saturated rings. The van der Waals surface area contributed by atoms with E-state index in [9.17, 15) is 0 Å². The lowest BCUT2D eigenvalue weighted by atomic mass is 10.0. The molecule has 2 unspecified atom stereocenters. The van der Waals surface area contributed by atoms with Crippen LogP contribution in [0.4, 0.5) is 0 Å². The first-order valence-electron chi connectivity index (χ1n) is 5.94. The van der Waals surface area contributed by atoms with Gasteiger partial charge in [0.1, 0.15) is 0 Å². The molecule has 16 heavy (non-hydrogen) atoms. The van der Waals surface area contributed by atoms with Gasteiger partial charge in [-0.1, -0.05) is 48.6 Å². The van der Waals surface area contributed by atoms with Crippen molar-refractivity contribution in [1.29, 1.82) is 0 Å². The molecule has 1 aliphatic heterocycles. The van der Waals surface area contributed by atoms with Gasteiger partial charge < -0.3 is 10.6 Å². The molecule has 1 aliphatic rings. The van der Waals surface area contributed by atoms with Crippen LogP contribution >= 0.6 is 0 Å². The summed E-state index contributed by atoms with van der Waals surface area (Å²) in [5.41, 5.74) is 0. The van der Waals surface area contributed by atoms with E-state index < -0.39 is 0 Å². The van der Waals surface area contributed by atoms with Crippen LogP contribution in [-0.4, -0.2) is 25.2 Å². The van der Waals surface area contributed by atoms with Crippen LogP contribution in [0.5, 0.6) is 0 Å². The Morgan fingerprint density at radius 3 is 1.56 bits per heavy atom. The zero-order chi connectivity index (χ0) is 11.6. The average Bonchev–Trinajstić information content (AvgIpc) is 2.32. The number of piperazine rings is 1. The van der Waals surface area contributed by atoms with Gasteiger partial charge in [-0.25, -0.2) is 0 Å². The summed E-state index contributed by atoms with van der Waals surface area (Å²) in [7, 11) is 0. The lowest BCUT2D eigenvalue weighted by Gasteiger charge is -2.29. The number of hydrogen-bond donors (Lipinski definition) is 2. The van der Waals surface area contributed by atoms with E-state index in [0.29, 0.717) is 12.1 Å². The number of hydrogen-bond acceptors (Lipinski definition) is 2. The van der Waals surface area contributed by atoms with Gasteiger partial charge in [0.05, 0.1) is 0 Å². The van der Waals surface area contributed by atoms with E-state index in [0.717, 1.165) is 13.1 Å². The summed E-state index contributed by atoms with van der Waals surface area (Å²) >= 11 is 0. The predicted molar refractivity (Wildman–Crippen MR) is 71.5 cm³/mol. The van der Waals surface area contributed by atoms with Gasteiger partial charge in [0.15, 0.2) is 0 Å². The zero-order valence-electron chi connectivity index (χ0n) is 10.2. The van der Waals surface area contributed by atoms with Gasteiger partial charge in [0.2, 0.25) is 0 Å². The van der Waals surface area contributed by atoms with Gasteiger partial charge in [0.25, 0.3) is 0 Å². The molecule has 2 heteroatoms. The molecule has 2 N–H and O–H groups in total. The third kappa shape index (κ3) is 4.60. The van der Waals surface area contributed by atoms with Gasteiger partial charge in [-0.2, -0.15) is 0 Å². The standard InChI is InChI=1S/C14H22N2/c1-3-5-7-9-13-14(10-8-6-4-2)16-12-11-15-13/h3-10,13-16H,11-12H2,1-2H3/b5-3+,6-4+,9-7+,10-8+. The minimum atomic E-state index is 0.381. The normalized spacial score (nSPS) is 27.9. The van der Waals surface area contributed by atoms with Crippen LogP contribution in [-0.2, 0) is 0 Å². The highest BCUT2D eigenvalue weighted by atomic mass is 15.1. The molecule has 0 aromatic rings. The van der Waals surface area contributed by atoms with Crippen molar-refractivity contribution in [2.24, 2.45) is 0 Å². The SMILES string of the molecule is C/C=C/C=C/C1NCCNC1/C=C/C=C/C. The first kappa shape index (κ1) is 12.9. The predicted octanol–water partition coefficient (Wildman–Crippen LogP) is 2.18. The molecule has 0 saturated carbocycles. The topological polar surface area (TPSA) is 24.1 Å². The Labute approximate surface area is 98.8 Å². The van der Waals surface area contributed by atoms with Crippen LogP contribution in [0.2, 0.25) is 0 Å². The summed E-state index contributed by atoms with van der Waals surface area (Å²) in [6, 6.07) is 0.762. The number of nitrogens with one attached hydrogen (secondary N) is 2. The Hall–Kier alpha value is -1.12. The minimum absolute atomic E-state index is 0.381. The van der Waals surface area contributed by atoms with Gasteiger partial charge >= 0.3 is 0 Å².